The fourth-order valence-electron chi connectivity index (χ4n) is 1.62. The number of carbonyl (C=O) groups excluding carboxylic acids is 1. The number of nitrogens with zero attached hydrogens (tertiary/aromatic N) is 2. The summed E-state index contributed by atoms with van der Waals surface area (Å²) in [5, 5.41) is 3.83. The van der Waals surface area contributed by atoms with Gasteiger partial charge in [0.2, 0.25) is 11.7 Å². The van der Waals surface area contributed by atoms with Crippen molar-refractivity contribution in [2.24, 2.45) is 5.92 Å². The Labute approximate surface area is 102 Å². The van der Waals surface area contributed by atoms with Crippen molar-refractivity contribution in [3.8, 4) is 0 Å². The summed E-state index contributed by atoms with van der Waals surface area (Å²) in [6, 6.07) is 0. The van der Waals surface area contributed by atoms with Crippen LogP contribution in [0.5, 0.6) is 0 Å². The third-order valence-electron chi connectivity index (χ3n) is 2.41. The van der Waals surface area contributed by atoms with Crippen LogP contribution >= 0.6 is 0 Å². The zero-order valence-corrected chi connectivity index (χ0v) is 10.9. The Bertz CT molecular complexity index is 356. The van der Waals surface area contributed by atoms with Crippen molar-refractivity contribution in [1.82, 2.24) is 10.1 Å². The lowest BCUT2D eigenvalue weighted by molar-refractivity contribution is -0.119. The van der Waals surface area contributed by atoms with E-state index in [9.17, 15) is 4.79 Å². The molecule has 0 aliphatic heterocycles. The van der Waals surface area contributed by atoms with Crippen LogP contribution in [0.1, 0.15) is 51.4 Å². The molecular formula is C12H20N2O3. The maximum atomic E-state index is 11.6. The zero-order valence-electron chi connectivity index (χ0n) is 10.9. The highest BCUT2D eigenvalue weighted by atomic mass is 16.5. The van der Waals surface area contributed by atoms with Crippen molar-refractivity contribution in [3.63, 3.8) is 0 Å². The number of methoxy groups -OCH3 is 1. The molecule has 0 aromatic carbocycles. The van der Waals surface area contributed by atoms with Gasteiger partial charge in [0.05, 0.1) is 6.42 Å². The van der Waals surface area contributed by atoms with E-state index in [2.05, 4.69) is 10.1 Å². The van der Waals surface area contributed by atoms with E-state index >= 15 is 0 Å². The summed E-state index contributed by atoms with van der Waals surface area (Å²) in [6.07, 6.45) is 1.37. The van der Waals surface area contributed by atoms with Crippen molar-refractivity contribution >= 4 is 5.78 Å². The van der Waals surface area contributed by atoms with Gasteiger partial charge in [-0.3, -0.25) is 4.79 Å². The quantitative estimate of drug-likeness (QED) is 0.731. The number of aromatic nitrogens is 2. The van der Waals surface area contributed by atoms with E-state index in [0.29, 0.717) is 24.1 Å². The van der Waals surface area contributed by atoms with Crippen LogP contribution < -0.4 is 0 Å². The molecule has 1 heterocycles. The van der Waals surface area contributed by atoms with Crippen LogP contribution in [0.2, 0.25) is 0 Å². The molecule has 0 amide bonds. The molecule has 96 valence electrons. The number of hydrogen-bond acceptors (Lipinski definition) is 5. The van der Waals surface area contributed by atoms with Crippen molar-refractivity contribution in [3.05, 3.63) is 11.7 Å². The molecule has 0 aliphatic rings. The minimum atomic E-state index is -0.160. The maximum absolute atomic E-state index is 11.6. The number of Topliss-reactive ketones (excluding diaryl/α,β-unsaturated/α-hetero) is 1. The van der Waals surface area contributed by atoms with E-state index in [4.69, 9.17) is 9.26 Å². The van der Waals surface area contributed by atoms with E-state index in [-0.39, 0.29) is 18.3 Å². The third-order valence-corrected chi connectivity index (χ3v) is 2.41. The molecule has 0 aliphatic carbocycles. The van der Waals surface area contributed by atoms with E-state index in [1.54, 1.807) is 7.11 Å². The molecule has 1 aromatic heterocycles. The molecule has 0 saturated heterocycles. The van der Waals surface area contributed by atoms with Crippen molar-refractivity contribution in [2.45, 2.75) is 46.1 Å². The van der Waals surface area contributed by atoms with Crippen molar-refractivity contribution < 1.29 is 14.1 Å². The van der Waals surface area contributed by atoms with E-state index < -0.39 is 0 Å². The SMILES string of the molecule is CCC(OC)c1noc(CC(=O)CC(C)C)n1. The normalized spacial score (nSPS) is 13.0. The summed E-state index contributed by atoms with van der Waals surface area (Å²) >= 11 is 0. The lowest BCUT2D eigenvalue weighted by Crippen LogP contribution is -2.07. The van der Waals surface area contributed by atoms with Crippen LogP contribution in [0.3, 0.4) is 0 Å². The first-order valence-electron chi connectivity index (χ1n) is 5.93. The number of ether oxygens (including phenoxy) is 1. The second-order valence-electron chi connectivity index (χ2n) is 4.49. The van der Waals surface area contributed by atoms with E-state index in [1.807, 2.05) is 20.8 Å². The van der Waals surface area contributed by atoms with Gasteiger partial charge in [0.15, 0.2) is 0 Å². The molecule has 0 fully saturated rings. The monoisotopic (exact) mass is 240 g/mol. The number of ketones is 1. The highest BCUT2D eigenvalue weighted by Gasteiger charge is 2.17. The minimum Gasteiger partial charge on any atom is -0.373 e. The molecule has 17 heavy (non-hydrogen) atoms. The molecule has 5 nitrogen and oxygen atoms in total. The Hall–Kier alpha value is -1.23. The third kappa shape index (κ3) is 4.26. The first-order chi connectivity index (χ1) is 8.06. The molecule has 1 unspecified atom stereocenters. The molecule has 0 N–H and O–H groups in total. The summed E-state index contributed by atoms with van der Waals surface area (Å²) in [7, 11) is 1.61. The fourth-order valence-corrected chi connectivity index (χ4v) is 1.62. The Morgan fingerprint density at radius 1 is 1.47 bits per heavy atom. The maximum Gasteiger partial charge on any atom is 0.234 e. The largest absolute Gasteiger partial charge is 0.373 e. The first kappa shape index (κ1) is 13.8. The van der Waals surface area contributed by atoms with E-state index in [0.717, 1.165) is 6.42 Å². The molecule has 0 saturated carbocycles. The second kappa shape index (κ2) is 6.49. The van der Waals surface area contributed by atoms with Gasteiger partial charge in [-0.2, -0.15) is 4.98 Å². The summed E-state index contributed by atoms with van der Waals surface area (Å²) < 4.78 is 10.2. The van der Waals surface area contributed by atoms with Gasteiger partial charge in [0.25, 0.3) is 0 Å². The van der Waals surface area contributed by atoms with Gasteiger partial charge >= 0.3 is 0 Å². The lowest BCUT2D eigenvalue weighted by atomic mass is 10.1. The second-order valence-corrected chi connectivity index (χ2v) is 4.49. The number of hydrogen-bond donors (Lipinski definition) is 0. The standard InChI is InChI=1S/C12H20N2O3/c1-5-10(16-4)12-13-11(17-14-12)7-9(15)6-8(2)3/h8,10H,5-7H2,1-4H3. The predicted molar refractivity (Wildman–Crippen MR) is 62.5 cm³/mol. The van der Waals surface area contributed by atoms with Crippen LogP contribution in [0.15, 0.2) is 4.52 Å². The molecule has 5 heteroatoms. The van der Waals surface area contributed by atoms with Gasteiger partial charge in [-0.05, 0) is 12.3 Å². The van der Waals surface area contributed by atoms with Gasteiger partial charge in [0, 0.05) is 13.5 Å². The Balaban J connectivity index is 2.59. The first-order valence-corrected chi connectivity index (χ1v) is 5.93. The molecule has 1 atom stereocenters. The molecule has 1 rings (SSSR count). The van der Waals surface area contributed by atoms with Crippen LogP contribution in [0.25, 0.3) is 0 Å². The van der Waals surface area contributed by atoms with E-state index in [1.165, 1.54) is 0 Å². The molecular weight excluding hydrogens is 220 g/mol. The zero-order chi connectivity index (χ0) is 12.8. The summed E-state index contributed by atoms with van der Waals surface area (Å²) in [5.74, 6) is 1.37. The summed E-state index contributed by atoms with van der Waals surface area (Å²) in [4.78, 5) is 15.8. The number of rotatable bonds is 7. The smallest absolute Gasteiger partial charge is 0.234 e. The van der Waals surface area contributed by atoms with Gasteiger partial charge in [0.1, 0.15) is 11.9 Å². The van der Waals surface area contributed by atoms with Crippen LogP contribution in [-0.4, -0.2) is 23.0 Å². The van der Waals surface area contributed by atoms with Gasteiger partial charge in [-0.25, -0.2) is 0 Å². The van der Waals surface area contributed by atoms with Crippen LogP contribution in [0, 0.1) is 5.92 Å². The van der Waals surface area contributed by atoms with Crippen molar-refractivity contribution in [1.29, 1.82) is 0 Å². The highest BCUT2D eigenvalue weighted by Crippen LogP contribution is 2.17. The van der Waals surface area contributed by atoms with Crippen LogP contribution in [-0.2, 0) is 16.0 Å². The Morgan fingerprint density at radius 2 is 2.18 bits per heavy atom. The Kier molecular flexibility index (Phi) is 5.28. The summed E-state index contributed by atoms with van der Waals surface area (Å²) in [5.41, 5.74) is 0. The average molecular weight is 240 g/mol. The molecule has 0 radical (unpaired) electrons. The Morgan fingerprint density at radius 3 is 2.71 bits per heavy atom. The topological polar surface area (TPSA) is 65.2 Å². The van der Waals surface area contributed by atoms with Crippen molar-refractivity contribution in [2.75, 3.05) is 7.11 Å². The predicted octanol–water partition coefficient (Wildman–Crippen LogP) is 2.32. The van der Waals surface area contributed by atoms with Crippen LogP contribution in [0.4, 0.5) is 0 Å². The highest BCUT2D eigenvalue weighted by molar-refractivity contribution is 5.80. The molecule has 0 spiro atoms. The lowest BCUT2D eigenvalue weighted by Gasteiger charge is -2.06. The van der Waals surface area contributed by atoms with Gasteiger partial charge in [-0.15, -0.1) is 0 Å². The fraction of sp³-hybridized carbons (Fsp3) is 0.750. The number of carbonyl (C=O) groups is 1. The summed E-state index contributed by atoms with van der Waals surface area (Å²) in [6.45, 7) is 6.00. The average Bonchev–Trinajstić information content (AvgIpc) is 2.67. The molecule has 0 bridgehead atoms. The van der Waals surface area contributed by atoms with Gasteiger partial charge < -0.3 is 9.26 Å². The minimum absolute atomic E-state index is 0.126. The molecule has 1 aromatic rings. The van der Waals surface area contributed by atoms with Gasteiger partial charge in [-0.1, -0.05) is 25.9 Å².